The van der Waals surface area contributed by atoms with Crippen LogP contribution in [0.25, 0.3) is 0 Å². The Kier molecular flexibility index (Phi) is 4.95. The number of amides is 3. The largest absolute Gasteiger partial charge is 0.481 e. The fourth-order valence-corrected chi connectivity index (χ4v) is 3.25. The van der Waals surface area contributed by atoms with Gasteiger partial charge in [0.05, 0.1) is 0 Å². The van der Waals surface area contributed by atoms with E-state index >= 15 is 0 Å². The molecule has 0 aromatic carbocycles. The van der Waals surface area contributed by atoms with E-state index in [0.29, 0.717) is 13.1 Å². The number of carboxylic acid groups (broad SMARTS) is 1. The van der Waals surface area contributed by atoms with E-state index in [0.717, 1.165) is 12.0 Å². The zero-order valence-electron chi connectivity index (χ0n) is 11.8. The summed E-state index contributed by atoms with van der Waals surface area (Å²) in [6.45, 7) is 2.79. The summed E-state index contributed by atoms with van der Waals surface area (Å²) in [5.74, 6) is -1.66. The number of hydrogen-bond donors (Lipinski definition) is 2. The normalized spacial score (nSPS) is 15.2. The molecule has 1 aliphatic rings. The van der Waals surface area contributed by atoms with Gasteiger partial charge in [0.15, 0.2) is 0 Å². The van der Waals surface area contributed by atoms with Gasteiger partial charge in [-0.05, 0) is 29.3 Å². The number of imide groups is 1. The van der Waals surface area contributed by atoms with E-state index in [1.807, 2.05) is 11.4 Å². The van der Waals surface area contributed by atoms with E-state index in [9.17, 15) is 14.4 Å². The molecule has 0 saturated carbocycles. The maximum absolute atomic E-state index is 12.0. The maximum Gasteiger partial charge on any atom is 0.324 e. The van der Waals surface area contributed by atoms with Crippen LogP contribution in [0.2, 0.25) is 0 Å². The second-order valence-corrected chi connectivity index (χ2v) is 6.30. The minimum absolute atomic E-state index is 0.0373. The first kappa shape index (κ1) is 15.5. The highest BCUT2D eigenvalue weighted by atomic mass is 32.1. The Morgan fingerprint density at radius 2 is 2.19 bits per heavy atom. The number of rotatable bonds is 4. The Balaban J connectivity index is 1.82. The lowest BCUT2D eigenvalue weighted by Gasteiger charge is -2.26. The van der Waals surface area contributed by atoms with E-state index < -0.39 is 17.9 Å². The molecule has 1 aromatic heterocycles. The van der Waals surface area contributed by atoms with Crippen molar-refractivity contribution in [2.24, 2.45) is 5.92 Å². The number of thiophene rings is 1. The highest BCUT2D eigenvalue weighted by molar-refractivity contribution is 7.10. The van der Waals surface area contributed by atoms with Crippen molar-refractivity contribution in [1.82, 2.24) is 10.2 Å². The Hall–Kier alpha value is -1.89. The van der Waals surface area contributed by atoms with Crippen molar-refractivity contribution in [1.29, 1.82) is 0 Å². The number of carbonyl (C=O) groups excluding carboxylic acids is 2. The Bertz CT molecular complexity index is 555. The fourth-order valence-electron chi connectivity index (χ4n) is 2.36. The lowest BCUT2D eigenvalue weighted by Crippen LogP contribution is -2.45. The minimum Gasteiger partial charge on any atom is -0.481 e. The van der Waals surface area contributed by atoms with Crippen molar-refractivity contribution in [2.45, 2.75) is 32.7 Å². The van der Waals surface area contributed by atoms with Crippen LogP contribution in [0.1, 0.15) is 30.2 Å². The van der Waals surface area contributed by atoms with E-state index in [1.165, 1.54) is 4.88 Å². The van der Waals surface area contributed by atoms with Crippen molar-refractivity contribution in [3.63, 3.8) is 0 Å². The summed E-state index contributed by atoms with van der Waals surface area (Å²) in [5.41, 5.74) is 1.13. The summed E-state index contributed by atoms with van der Waals surface area (Å²) in [6, 6.07) is 1.59. The molecule has 1 aromatic rings. The predicted octanol–water partition coefficient (Wildman–Crippen LogP) is 1.84. The average molecular weight is 310 g/mol. The fraction of sp³-hybridized carbons (Fsp3) is 0.500. The van der Waals surface area contributed by atoms with Gasteiger partial charge in [-0.15, -0.1) is 11.3 Å². The predicted molar refractivity (Wildman–Crippen MR) is 78.0 cm³/mol. The first-order chi connectivity index (χ1) is 9.95. The van der Waals surface area contributed by atoms with E-state index in [4.69, 9.17) is 5.11 Å². The molecule has 0 saturated heterocycles. The van der Waals surface area contributed by atoms with Gasteiger partial charge in [-0.25, -0.2) is 4.79 Å². The van der Waals surface area contributed by atoms with Gasteiger partial charge in [0.2, 0.25) is 5.91 Å². The molecule has 0 spiro atoms. The summed E-state index contributed by atoms with van der Waals surface area (Å²) in [6.07, 6.45) is 0.767. The Morgan fingerprint density at radius 3 is 2.90 bits per heavy atom. The molecule has 0 bridgehead atoms. The average Bonchev–Trinajstić information content (AvgIpc) is 2.84. The molecular weight excluding hydrogens is 292 g/mol. The van der Waals surface area contributed by atoms with Crippen molar-refractivity contribution < 1.29 is 19.5 Å². The third-order valence-corrected chi connectivity index (χ3v) is 4.42. The Labute approximate surface area is 126 Å². The van der Waals surface area contributed by atoms with E-state index in [1.54, 1.807) is 23.2 Å². The second-order valence-electron chi connectivity index (χ2n) is 5.30. The molecule has 2 rings (SSSR count). The highest BCUT2D eigenvalue weighted by Crippen LogP contribution is 2.23. The number of aliphatic carboxylic acids is 1. The van der Waals surface area contributed by atoms with Crippen molar-refractivity contribution >= 4 is 29.2 Å². The molecule has 7 heteroatoms. The second kappa shape index (κ2) is 6.71. The summed E-state index contributed by atoms with van der Waals surface area (Å²) in [7, 11) is 0. The van der Waals surface area contributed by atoms with Crippen LogP contribution in [-0.2, 0) is 22.6 Å². The number of nitrogens with zero attached hydrogens (tertiary/aromatic N) is 1. The van der Waals surface area contributed by atoms with E-state index in [-0.39, 0.29) is 18.8 Å². The van der Waals surface area contributed by atoms with Crippen LogP contribution >= 0.6 is 11.3 Å². The van der Waals surface area contributed by atoms with Gasteiger partial charge < -0.3 is 10.0 Å². The van der Waals surface area contributed by atoms with Crippen LogP contribution in [0, 0.1) is 5.92 Å². The molecule has 1 atom stereocenters. The highest BCUT2D eigenvalue weighted by Gasteiger charge is 2.23. The van der Waals surface area contributed by atoms with Crippen molar-refractivity contribution in [3.05, 3.63) is 21.9 Å². The van der Waals surface area contributed by atoms with Crippen molar-refractivity contribution in [2.75, 3.05) is 6.54 Å². The van der Waals surface area contributed by atoms with Crippen LogP contribution in [0.4, 0.5) is 4.79 Å². The molecule has 0 aliphatic carbocycles. The minimum atomic E-state index is -0.942. The number of carbonyl (C=O) groups is 3. The number of hydrogen-bond acceptors (Lipinski definition) is 4. The number of fused-ring (bicyclic) bond motifs is 1. The first-order valence-electron chi connectivity index (χ1n) is 6.81. The molecule has 114 valence electrons. The summed E-state index contributed by atoms with van der Waals surface area (Å²) >= 11 is 1.69. The van der Waals surface area contributed by atoms with E-state index in [2.05, 4.69) is 5.32 Å². The molecule has 2 N–H and O–H groups in total. The molecule has 1 unspecified atom stereocenters. The molecule has 6 nitrogen and oxygen atoms in total. The van der Waals surface area contributed by atoms with Crippen LogP contribution in [0.3, 0.4) is 0 Å². The monoisotopic (exact) mass is 310 g/mol. The zero-order chi connectivity index (χ0) is 15.4. The third kappa shape index (κ3) is 4.29. The van der Waals surface area contributed by atoms with Crippen molar-refractivity contribution in [3.8, 4) is 0 Å². The molecule has 0 radical (unpaired) electrons. The smallest absolute Gasteiger partial charge is 0.324 e. The number of nitrogens with one attached hydrogen (secondary N) is 1. The third-order valence-electron chi connectivity index (χ3n) is 3.40. The Morgan fingerprint density at radius 1 is 1.43 bits per heavy atom. The number of urea groups is 1. The van der Waals surface area contributed by atoms with Gasteiger partial charge in [-0.1, -0.05) is 6.92 Å². The van der Waals surface area contributed by atoms with Crippen LogP contribution < -0.4 is 5.32 Å². The number of carboxylic acids is 1. The van der Waals surface area contributed by atoms with Crippen LogP contribution in [0.5, 0.6) is 0 Å². The van der Waals surface area contributed by atoms with Crippen LogP contribution in [-0.4, -0.2) is 34.5 Å². The molecule has 3 amide bonds. The topological polar surface area (TPSA) is 86.7 Å². The van der Waals surface area contributed by atoms with Gasteiger partial charge in [-0.2, -0.15) is 0 Å². The SMILES string of the molecule is CC(CC(=O)O)CC(=O)NC(=O)N1CCc2sccc2C1. The molecule has 2 heterocycles. The standard InChI is InChI=1S/C14H18N2O4S/c1-9(7-13(18)19)6-12(17)15-14(20)16-4-2-11-10(8-16)3-5-21-11/h3,5,9H,2,4,6-8H2,1H3,(H,18,19)(H,15,17,20). The maximum atomic E-state index is 12.0. The molecule has 0 fully saturated rings. The lowest BCUT2D eigenvalue weighted by atomic mass is 10.0. The van der Waals surface area contributed by atoms with Gasteiger partial charge >= 0.3 is 12.0 Å². The van der Waals surface area contributed by atoms with Gasteiger partial charge in [0.25, 0.3) is 0 Å². The molecule has 1 aliphatic heterocycles. The quantitative estimate of drug-likeness (QED) is 0.888. The van der Waals surface area contributed by atoms with Gasteiger partial charge in [-0.3, -0.25) is 14.9 Å². The van der Waals surface area contributed by atoms with Crippen LogP contribution in [0.15, 0.2) is 11.4 Å². The first-order valence-corrected chi connectivity index (χ1v) is 7.69. The molecular formula is C14H18N2O4S. The van der Waals surface area contributed by atoms with Gasteiger partial charge in [0, 0.05) is 30.8 Å². The zero-order valence-corrected chi connectivity index (χ0v) is 12.6. The molecule has 21 heavy (non-hydrogen) atoms. The summed E-state index contributed by atoms with van der Waals surface area (Å²) in [4.78, 5) is 37.2. The summed E-state index contributed by atoms with van der Waals surface area (Å²) in [5, 5.41) is 13.0. The van der Waals surface area contributed by atoms with Gasteiger partial charge in [0.1, 0.15) is 0 Å². The summed E-state index contributed by atoms with van der Waals surface area (Å²) < 4.78 is 0. The lowest BCUT2D eigenvalue weighted by molar-refractivity contribution is -0.138.